The molecule has 0 fully saturated rings. The minimum absolute atomic E-state index is 0.00290. The van der Waals surface area contributed by atoms with E-state index < -0.39 is 41.4 Å². The van der Waals surface area contributed by atoms with Crippen LogP contribution in [0.2, 0.25) is 0 Å². The lowest BCUT2D eigenvalue weighted by Crippen LogP contribution is -2.49. The van der Waals surface area contributed by atoms with Gasteiger partial charge >= 0.3 is 24.1 Å². The van der Waals surface area contributed by atoms with Gasteiger partial charge in [0.25, 0.3) is 0 Å². The van der Waals surface area contributed by atoms with Crippen molar-refractivity contribution in [2.75, 3.05) is 72.6 Å². The number of esters is 2. The lowest BCUT2D eigenvalue weighted by atomic mass is 10.1. The molecule has 2 rings (SSSR count). The number of nitrogens with zero attached hydrogens (tertiary/aromatic N) is 2. The molecule has 63 heavy (non-hydrogen) atoms. The number of carbonyl (C=O) groups is 6. The van der Waals surface area contributed by atoms with Gasteiger partial charge in [-0.1, -0.05) is 12.1 Å². The summed E-state index contributed by atoms with van der Waals surface area (Å²) in [7, 11) is 0. The lowest BCUT2D eigenvalue weighted by Gasteiger charge is -2.31. The molecule has 18 heteroatoms. The van der Waals surface area contributed by atoms with Crippen molar-refractivity contribution in [1.82, 2.24) is 10.2 Å². The fourth-order valence-electron chi connectivity index (χ4n) is 5.09. The average Bonchev–Trinajstić information content (AvgIpc) is 3.18. The SMILES string of the molecule is CC(=O)CCOCCOCCOCCOCCOCCN(C(=O)OCc1ccc(OC(=O)c2ccc(N=C(C)NC(=O)OC(C)(C)C)cc2)cc1)C(CC(C)=O)C(=O)OC(C)(C)C. The topological polar surface area (TPSA) is 213 Å². The van der Waals surface area contributed by atoms with Crippen molar-refractivity contribution in [3.05, 3.63) is 59.7 Å². The van der Waals surface area contributed by atoms with E-state index in [4.69, 9.17) is 42.6 Å². The van der Waals surface area contributed by atoms with Crippen LogP contribution in [0.15, 0.2) is 53.5 Å². The van der Waals surface area contributed by atoms with Crippen molar-refractivity contribution in [1.29, 1.82) is 0 Å². The molecule has 0 saturated heterocycles. The third-order valence-corrected chi connectivity index (χ3v) is 7.91. The molecule has 0 aromatic heterocycles. The molecule has 0 aliphatic rings. The number of nitrogens with one attached hydrogen (secondary N) is 1. The highest BCUT2D eigenvalue weighted by atomic mass is 16.6. The zero-order valence-electron chi connectivity index (χ0n) is 38.1. The Kier molecular flexibility index (Phi) is 24.3. The summed E-state index contributed by atoms with van der Waals surface area (Å²) in [4.78, 5) is 80.3. The highest BCUT2D eigenvalue weighted by Gasteiger charge is 2.35. The van der Waals surface area contributed by atoms with Crippen molar-refractivity contribution in [2.24, 2.45) is 4.99 Å². The summed E-state index contributed by atoms with van der Waals surface area (Å²) < 4.78 is 49.3. The van der Waals surface area contributed by atoms with Gasteiger partial charge in [0.2, 0.25) is 0 Å². The molecule has 1 N–H and O–H groups in total. The van der Waals surface area contributed by atoms with E-state index in [9.17, 15) is 28.8 Å². The van der Waals surface area contributed by atoms with Crippen molar-refractivity contribution in [3.63, 3.8) is 0 Å². The van der Waals surface area contributed by atoms with E-state index in [1.807, 2.05) is 0 Å². The molecule has 350 valence electrons. The molecule has 0 spiro atoms. The number of hydrogen-bond donors (Lipinski definition) is 1. The van der Waals surface area contributed by atoms with E-state index in [0.717, 1.165) is 4.90 Å². The Morgan fingerprint density at radius 2 is 1.14 bits per heavy atom. The number of carbonyl (C=O) groups excluding carboxylic acids is 6. The number of benzene rings is 2. The summed E-state index contributed by atoms with van der Waals surface area (Å²) in [5, 5.41) is 2.55. The summed E-state index contributed by atoms with van der Waals surface area (Å²) >= 11 is 0. The summed E-state index contributed by atoms with van der Waals surface area (Å²) in [6.07, 6.45) is -1.41. The number of amidine groups is 1. The number of Topliss-reactive ketones (excluding diaryl/α,β-unsaturated/α-hetero) is 2. The predicted octanol–water partition coefficient (Wildman–Crippen LogP) is 6.17. The van der Waals surface area contributed by atoms with Crippen LogP contribution >= 0.6 is 0 Å². The molecule has 2 amide bonds. The Balaban J connectivity index is 1.89. The molecule has 0 aliphatic carbocycles. The Morgan fingerprint density at radius 1 is 0.635 bits per heavy atom. The first-order valence-electron chi connectivity index (χ1n) is 20.7. The van der Waals surface area contributed by atoms with Crippen LogP contribution in [0.4, 0.5) is 15.3 Å². The molecular weight excluding hydrogens is 823 g/mol. The zero-order chi connectivity index (χ0) is 46.8. The Hall–Kier alpha value is -5.27. The molecule has 2 aromatic carbocycles. The Morgan fingerprint density at radius 3 is 1.63 bits per heavy atom. The number of ether oxygens (including phenoxy) is 9. The largest absolute Gasteiger partial charge is 0.458 e. The van der Waals surface area contributed by atoms with Crippen molar-refractivity contribution < 1.29 is 71.4 Å². The highest BCUT2D eigenvalue weighted by molar-refractivity contribution is 5.95. The maximum Gasteiger partial charge on any atom is 0.413 e. The number of alkyl carbamates (subject to hydrolysis) is 1. The zero-order valence-corrected chi connectivity index (χ0v) is 38.1. The molecule has 18 nitrogen and oxygen atoms in total. The lowest BCUT2D eigenvalue weighted by molar-refractivity contribution is -0.162. The van der Waals surface area contributed by atoms with Crippen LogP contribution in [0, 0.1) is 0 Å². The molecule has 0 bridgehead atoms. The second-order valence-corrected chi connectivity index (χ2v) is 16.1. The standard InChI is InChI=1S/C45H65N3O15/c1-32(49)18-20-55-22-24-57-26-28-59-29-27-58-25-23-56-21-19-48(39(30-33(2)50)41(52)62-44(4,5)6)43(54)60-31-35-10-16-38(17-11-35)61-40(51)36-12-14-37(15-13-36)46-34(3)47-42(53)63-45(7,8)9/h10-17,39H,18-31H2,1-9H3,(H,46,47,53). The van der Waals surface area contributed by atoms with E-state index in [1.165, 1.54) is 38.1 Å². The summed E-state index contributed by atoms with van der Waals surface area (Å²) in [5.74, 6) is -1.09. The van der Waals surface area contributed by atoms with Gasteiger partial charge in [0.05, 0.1) is 77.3 Å². The van der Waals surface area contributed by atoms with Crippen LogP contribution < -0.4 is 10.1 Å². The summed E-state index contributed by atoms with van der Waals surface area (Å²) in [6.45, 7) is 17.5. The number of hydrogen-bond acceptors (Lipinski definition) is 16. The van der Waals surface area contributed by atoms with Crippen LogP contribution in [0.25, 0.3) is 0 Å². The first-order valence-corrected chi connectivity index (χ1v) is 20.7. The van der Waals surface area contributed by atoms with Gasteiger partial charge in [-0.15, -0.1) is 0 Å². The maximum atomic E-state index is 13.5. The van der Waals surface area contributed by atoms with Gasteiger partial charge in [0.1, 0.15) is 47.0 Å². The van der Waals surface area contributed by atoms with E-state index in [2.05, 4.69) is 10.3 Å². The normalized spacial score (nSPS) is 12.2. The van der Waals surface area contributed by atoms with Crippen LogP contribution in [0.5, 0.6) is 5.75 Å². The molecule has 2 aromatic rings. The molecule has 0 heterocycles. The van der Waals surface area contributed by atoms with E-state index in [-0.39, 0.29) is 62.3 Å². The molecular formula is C45H65N3O15. The van der Waals surface area contributed by atoms with Crippen LogP contribution in [0.1, 0.15) is 91.1 Å². The van der Waals surface area contributed by atoms with E-state index in [1.54, 1.807) is 72.7 Å². The van der Waals surface area contributed by atoms with Crippen molar-refractivity contribution in [2.45, 2.75) is 99.0 Å². The average molecular weight is 888 g/mol. The summed E-state index contributed by atoms with van der Waals surface area (Å²) in [5.41, 5.74) is -0.235. The van der Waals surface area contributed by atoms with Gasteiger partial charge in [0, 0.05) is 19.4 Å². The Labute approximate surface area is 370 Å². The van der Waals surface area contributed by atoms with Gasteiger partial charge in [0.15, 0.2) is 0 Å². The van der Waals surface area contributed by atoms with Gasteiger partial charge in [-0.2, -0.15) is 0 Å². The maximum absolute atomic E-state index is 13.5. The van der Waals surface area contributed by atoms with Gasteiger partial charge in [-0.05, 0) is 104 Å². The molecule has 1 unspecified atom stereocenters. The van der Waals surface area contributed by atoms with Gasteiger partial charge in [-0.25, -0.2) is 24.2 Å². The second kappa shape index (κ2) is 28.4. The number of aliphatic imine (C=N–C) groups is 1. The highest BCUT2D eigenvalue weighted by Crippen LogP contribution is 2.20. The van der Waals surface area contributed by atoms with Crippen LogP contribution in [-0.2, 0) is 58.9 Å². The Bertz CT molecular complexity index is 1770. The smallest absolute Gasteiger partial charge is 0.413 e. The quantitative estimate of drug-likeness (QED) is 0.0265. The van der Waals surface area contributed by atoms with Gasteiger partial charge < -0.3 is 42.6 Å². The first-order chi connectivity index (χ1) is 29.7. The van der Waals surface area contributed by atoms with Crippen molar-refractivity contribution in [3.8, 4) is 5.75 Å². The minimum Gasteiger partial charge on any atom is -0.458 e. The molecule has 0 radical (unpaired) electrons. The molecule has 0 saturated carbocycles. The number of amides is 2. The van der Waals surface area contributed by atoms with E-state index in [0.29, 0.717) is 69.8 Å². The first kappa shape index (κ1) is 53.9. The van der Waals surface area contributed by atoms with Crippen LogP contribution in [0.3, 0.4) is 0 Å². The number of ketones is 2. The fraction of sp³-hybridized carbons (Fsp3) is 0.578. The van der Waals surface area contributed by atoms with Crippen molar-refractivity contribution >= 4 is 47.2 Å². The third-order valence-electron chi connectivity index (χ3n) is 7.91. The van der Waals surface area contributed by atoms with Crippen LogP contribution in [-0.4, -0.2) is 136 Å². The predicted molar refractivity (Wildman–Crippen MR) is 231 cm³/mol. The summed E-state index contributed by atoms with van der Waals surface area (Å²) in [6, 6.07) is 11.3. The minimum atomic E-state index is -1.27. The number of rotatable bonds is 27. The fourth-order valence-corrected chi connectivity index (χ4v) is 5.09. The molecule has 1 atom stereocenters. The second-order valence-electron chi connectivity index (χ2n) is 16.1. The third kappa shape index (κ3) is 25.4. The van der Waals surface area contributed by atoms with E-state index >= 15 is 0 Å². The monoisotopic (exact) mass is 887 g/mol. The molecule has 0 aliphatic heterocycles. The van der Waals surface area contributed by atoms with Gasteiger partial charge in [-0.3, -0.25) is 19.8 Å².